The fourth-order valence-electron chi connectivity index (χ4n) is 1.62. The number of nitrogens with one attached hydrogen (secondary N) is 2. The number of urea groups is 1. The van der Waals surface area contributed by atoms with Crippen molar-refractivity contribution in [3.05, 3.63) is 29.8 Å². The quantitative estimate of drug-likeness (QED) is 0.752. The van der Waals surface area contributed by atoms with Crippen molar-refractivity contribution in [1.29, 1.82) is 0 Å². The molecule has 7 heteroatoms. The van der Waals surface area contributed by atoms with Gasteiger partial charge in [-0.05, 0) is 31.9 Å². The Morgan fingerprint density at radius 2 is 1.90 bits per heavy atom. The lowest BCUT2D eigenvalue weighted by atomic mass is 10.1. The minimum atomic E-state index is -0.907. The van der Waals surface area contributed by atoms with E-state index in [0.29, 0.717) is 12.8 Å². The lowest BCUT2D eigenvalue weighted by Crippen LogP contribution is -2.36. The van der Waals surface area contributed by atoms with Crippen LogP contribution in [0.15, 0.2) is 18.2 Å². The predicted octanol–water partition coefficient (Wildman–Crippen LogP) is 2.73. The molecule has 0 bridgehead atoms. The molecule has 1 unspecified atom stereocenters. The van der Waals surface area contributed by atoms with Gasteiger partial charge in [-0.2, -0.15) is 0 Å². The van der Waals surface area contributed by atoms with Gasteiger partial charge in [0.1, 0.15) is 17.3 Å². The third-order valence-corrected chi connectivity index (χ3v) is 2.61. The van der Waals surface area contributed by atoms with E-state index in [-0.39, 0.29) is 12.5 Å². The zero-order valence-corrected chi connectivity index (χ0v) is 11.0. The molecule has 2 amide bonds. The van der Waals surface area contributed by atoms with E-state index in [0.717, 1.165) is 12.1 Å². The second kappa shape index (κ2) is 7.42. The SMILES string of the molecule is CC(CCCC(=O)O)NC(=O)Nc1c(F)cccc1F. The molecule has 0 spiro atoms. The molecule has 0 aliphatic rings. The highest BCUT2D eigenvalue weighted by atomic mass is 19.1. The summed E-state index contributed by atoms with van der Waals surface area (Å²) < 4.78 is 26.6. The topological polar surface area (TPSA) is 78.4 Å². The summed E-state index contributed by atoms with van der Waals surface area (Å²) in [4.78, 5) is 21.9. The summed E-state index contributed by atoms with van der Waals surface area (Å²) in [5.74, 6) is -2.63. The number of carboxylic acids is 1. The molecular weight excluding hydrogens is 270 g/mol. The fourth-order valence-corrected chi connectivity index (χ4v) is 1.62. The number of hydrogen-bond acceptors (Lipinski definition) is 2. The van der Waals surface area contributed by atoms with Crippen molar-refractivity contribution in [3.8, 4) is 0 Å². The number of aliphatic carboxylic acids is 1. The van der Waals surface area contributed by atoms with Gasteiger partial charge in [0.2, 0.25) is 0 Å². The number of hydrogen-bond donors (Lipinski definition) is 3. The van der Waals surface area contributed by atoms with Crippen molar-refractivity contribution in [2.24, 2.45) is 0 Å². The van der Waals surface area contributed by atoms with E-state index in [4.69, 9.17) is 5.11 Å². The Balaban J connectivity index is 2.45. The first kappa shape index (κ1) is 15.9. The Morgan fingerprint density at radius 1 is 1.30 bits per heavy atom. The molecule has 110 valence electrons. The fraction of sp³-hybridized carbons (Fsp3) is 0.385. The predicted molar refractivity (Wildman–Crippen MR) is 69.5 cm³/mol. The smallest absolute Gasteiger partial charge is 0.319 e. The van der Waals surface area contributed by atoms with Gasteiger partial charge in [-0.1, -0.05) is 6.07 Å². The molecule has 0 aliphatic carbocycles. The molecule has 0 fully saturated rings. The highest BCUT2D eigenvalue weighted by Gasteiger charge is 2.13. The summed E-state index contributed by atoms with van der Waals surface area (Å²) in [5.41, 5.74) is -0.511. The van der Waals surface area contributed by atoms with E-state index in [1.807, 2.05) is 0 Å². The minimum absolute atomic E-state index is 0.00950. The lowest BCUT2D eigenvalue weighted by molar-refractivity contribution is -0.137. The zero-order chi connectivity index (χ0) is 15.1. The van der Waals surface area contributed by atoms with Crippen molar-refractivity contribution in [2.75, 3.05) is 5.32 Å². The average molecular weight is 286 g/mol. The normalized spacial score (nSPS) is 11.8. The molecule has 0 saturated heterocycles. The Kier molecular flexibility index (Phi) is 5.89. The van der Waals surface area contributed by atoms with Crippen molar-refractivity contribution in [3.63, 3.8) is 0 Å². The Bertz CT molecular complexity index is 474. The number of rotatable bonds is 6. The molecule has 0 heterocycles. The van der Waals surface area contributed by atoms with Gasteiger partial charge in [0.25, 0.3) is 0 Å². The van der Waals surface area contributed by atoms with Crippen molar-refractivity contribution >= 4 is 17.7 Å². The van der Waals surface area contributed by atoms with E-state index < -0.39 is 29.3 Å². The van der Waals surface area contributed by atoms with Gasteiger partial charge < -0.3 is 15.7 Å². The maximum absolute atomic E-state index is 13.3. The molecule has 1 aromatic rings. The molecule has 1 rings (SSSR count). The molecule has 0 radical (unpaired) electrons. The van der Waals surface area contributed by atoms with Gasteiger partial charge in [-0.25, -0.2) is 13.6 Å². The van der Waals surface area contributed by atoms with Crippen LogP contribution in [0, 0.1) is 11.6 Å². The van der Waals surface area contributed by atoms with Crippen molar-refractivity contribution in [1.82, 2.24) is 5.32 Å². The number of para-hydroxylation sites is 1. The third kappa shape index (κ3) is 5.21. The van der Waals surface area contributed by atoms with E-state index in [2.05, 4.69) is 10.6 Å². The lowest BCUT2D eigenvalue weighted by Gasteiger charge is -2.14. The number of carbonyl (C=O) groups excluding carboxylic acids is 1. The molecule has 1 atom stereocenters. The van der Waals surface area contributed by atoms with Crippen LogP contribution in [-0.2, 0) is 4.79 Å². The van der Waals surface area contributed by atoms with Crippen molar-refractivity contribution in [2.45, 2.75) is 32.2 Å². The van der Waals surface area contributed by atoms with Crippen LogP contribution in [-0.4, -0.2) is 23.1 Å². The van der Waals surface area contributed by atoms with Gasteiger partial charge in [0.15, 0.2) is 0 Å². The molecular formula is C13H16F2N2O3. The minimum Gasteiger partial charge on any atom is -0.481 e. The first-order valence-corrected chi connectivity index (χ1v) is 6.13. The zero-order valence-electron chi connectivity index (χ0n) is 11.0. The van der Waals surface area contributed by atoms with Crippen LogP contribution in [0.4, 0.5) is 19.3 Å². The highest BCUT2D eigenvalue weighted by Crippen LogP contribution is 2.17. The number of amides is 2. The van der Waals surface area contributed by atoms with Gasteiger partial charge in [0, 0.05) is 12.5 Å². The first-order chi connectivity index (χ1) is 9.40. The van der Waals surface area contributed by atoms with Crippen LogP contribution in [0.3, 0.4) is 0 Å². The third-order valence-electron chi connectivity index (χ3n) is 2.61. The Hall–Kier alpha value is -2.18. The largest absolute Gasteiger partial charge is 0.481 e. The molecule has 1 aromatic carbocycles. The molecule has 0 saturated carbocycles. The van der Waals surface area contributed by atoms with Crippen LogP contribution in [0.5, 0.6) is 0 Å². The highest BCUT2D eigenvalue weighted by molar-refractivity contribution is 5.89. The van der Waals surface area contributed by atoms with Gasteiger partial charge in [0.05, 0.1) is 0 Å². The number of anilines is 1. The number of carboxylic acid groups (broad SMARTS) is 1. The molecule has 3 N–H and O–H groups in total. The molecule has 0 aromatic heterocycles. The standard InChI is InChI=1S/C13H16F2N2O3/c1-8(4-2-7-11(18)19)16-13(20)17-12-9(14)5-3-6-10(12)15/h3,5-6,8H,2,4,7H2,1H3,(H,18,19)(H2,16,17,20). The maximum atomic E-state index is 13.3. The second-order valence-corrected chi connectivity index (χ2v) is 4.38. The van der Waals surface area contributed by atoms with Crippen LogP contribution in [0.1, 0.15) is 26.2 Å². The summed E-state index contributed by atoms with van der Waals surface area (Å²) in [6, 6.07) is 2.23. The van der Waals surface area contributed by atoms with Crippen LogP contribution in [0.25, 0.3) is 0 Å². The van der Waals surface area contributed by atoms with Crippen molar-refractivity contribution < 1.29 is 23.5 Å². The van der Waals surface area contributed by atoms with E-state index in [1.54, 1.807) is 6.92 Å². The number of benzene rings is 1. The Morgan fingerprint density at radius 3 is 2.45 bits per heavy atom. The molecule has 0 aliphatic heterocycles. The summed E-state index contributed by atoms with van der Waals surface area (Å²) in [5, 5.41) is 13.1. The maximum Gasteiger partial charge on any atom is 0.319 e. The Labute approximate surface area is 115 Å². The number of halogens is 2. The summed E-state index contributed by atoms with van der Waals surface area (Å²) in [6.07, 6.45) is 0.875. The van der Waals surface area contributed by atoms with Gasteiger partial charge in [-0.15, -0.1) is 0 Å². The second-order valence-electron chi connectivity index (χ2n) is 4.38. The first-order valence-electron chi connectivity index (χ1n) is 6.13. The van der Waals surface area contributed by atoms with Crippen LogP contribution in [0.2, 0.25) is 0 Å². The number of carbonyl (C=O) groups is 2. The summed E-state index contributed by atoms with van der Waals surface area (Å²) >= 11 is 0. The van der Waals surface area contributed by atoms with E-state index in [9.17, 15) is 18.4 Å². The average Bonchev–Trinajstić information content (AvgIpc) is 2.33. The van der Waals surface area contributed by atoms with Gasteiger partial charge >= 0.3 is 12.0 Å². The van der Waals surface area contributed by atoms with E-state index >= 15 is 0 Å². The van der Waals surface area contributed by atoms with Gasteiger partial charge in [-0.3, -0.25) is 4.79 Å². The van der Waals surface area contributed by atoms with Crippen LogP contribution >= 0.6 is 0 Å². The van der Waals surface area contributed by atoms with E-state index in [1.165, 1.54) is 6.07 Å². The summed E-state index contributed by atoms with van der Waals surface area (Å²) in [6.45, 7) is 1.68. The summed E-state index contributed by atoms with van der Waals surface area (Å²) in [7, 11) is 0. The molecule has 20 heavy (non-hydrogen) atoms. The monoisotopic (exact) mass is 286 g/mol. The van der Waals surface area contributed by atoms with Crippen LogP contribution < -0.4 is 10.6 Å². The molecule has 5 nitrogen and oxygen atoms in total.